The van der Waals surface area contributed by atoms with Crippen molar-refractivity contribution in [3.63, 3.8) is 0 Å². The van der Waals surface area contributed by atoms with E-state index in [1.807, 2.05) is 59.3 Å². The molecule has 0 spiro atoms. The minimum atomic E-state index is -0.312. The predicted molar refractivity (Wildman–Crippen MR) is 97.2 cm³/mol. The van der Waals surface area contributed by atoms with Crippen LogP contribution in [0, 0.1) is 6.92 Å². The van der Waals surface area contributed by atoms with E-state index in [1.165, 1.54) is 5.56 Å². The van der Waals surface area contributed by atoms with Gasteiger partial charge in [-0.25, -0.2) is 0 Å². The molecule has 0 aliphatic rings. The molecule has 25 heavy (non-hydrogen) atoms. The summed E-state index contributed by atoms with van der Waals surface area (Å²) in [5, 5.41) is 0. The van der Waals surface area contributed by atoms with E-state index in [0.29, 0.717) is 17.8 Å². The smallest absolute Gasteiger partial charge is 0.285 e. The molecule has 0 atom stereocenters. The number of amides is 1. The van der Waals surface area contributed by atoms with Crippen LogP contribution in [0.2, 0.25) is 0 Å². The molecule has 0 saturated heterocycles. The van der Waals surface area contributed by atoms with Crippen LogP contribution in [0.15, 0.2) is 84.0 Å². The largest absolute Gasteiger partial charge is 0.484 e. The minimum Gasteiger partial charge on any atom is -0.484 e. The van der Waals surface area contributed by atoms with E-state index < -0.39 is 0 Å². The van der Waals surface area contributed by atoms with Gasteiger partial charge in [-0.05, 0) is 36.8 Å². The third-order valence-electron chi connectivity index (χ3n) is 3.73. The third kappa shape index (κ3) is 4.91. The van der Waals surface area contributed by atoms with Crippen molar-refractivity contribution in [2.75, 3.05) is 6.61 Å². The number of rotatable bonds is 5. The molecule has 0 unspecified atom stereocenters. The first-order valence-electron chi connectivity index (χ1n) is 8.17. The Morgan fingerprint density at radius 2 is 1.68 bits per heavy atom. The number of aryl methyl sites for hydroxylation is 1. The first kappa shape index (κ1) is 16.7. The van der Waals surface area contributed by atoms with Gasteiger partial charge in [-0.2, -0.15) is 4.99 Å². The Labute approximate surface area is 147 Å². The lowest BCUT2D eigenvalue weighted by Gasteiger charge is -2.08. The molecule has 0 saturated carbocycles. The maximum absolute atomic E-state index is 12.1. The topological polar surface area (TPSA) is 43.6 Å². The van der Waals surface area contributed by atoms with Gasteiger partial charge in [0.2, 0.25) is 0 Å². The van der Waals surface area contributed by atoms with Gasteiger partial charge in [-0.1, -0.05) is 54.1 Å². The second kappa shape index (κ2) is 8.11. The number of nitrogens with zero attached hydrogens (tertiary/aromatic N) is 2. The first-order valence-corrected chi connectivity index (χ1v) is 8.17. The van der Waals surface area contributed by atoms with E-state index in [9.17, 15) is 4.79 Å². The van der Waals surface area contributed by atoms with Crippen molar-refractivity contribution in [3.05, 3.63) is 95.6 Å². The summed E-state index contributed by atoms with van der Waals surface area (Å²) in [6.45, 7) is 2.64. The number of aromatic nitrogens is 1. The Morgan fingerprint density at radius 1 is 0.960 bits per heavy atom. The van der Waals surface area contributed by atoms with Crippen molar-refractivity contribution >= 4 is 5.91 Å². The van der Waals surface area contributed by atoms with E-state index >= 15 is 0 Å². The highest BCUT2D eigenvalue weighted by Crippen LogP contribution is 2.08. The normalized spacial score (nSPS) is 11.3. The second-order valence-electron chi connectivity index (χ2n) is 5.78. The fraction of sp³-hybridized carbons (Fsp3) is 0.143. The zero-order valence-electron chi connectivity index (χ0n) is 14.1. The van der Waals surface area contributed by atoms with Crippen LogP contribution in [0.5, 0.6) is 5.75 Å². The Morgan fingerprint density at radius 3 is 2.44 bits per heavy atom. The van der Waals surface area contributed by atoms with E-state index in [2.05, 4.69) is 36.2 Å². The molecule has 0 bridgehead atoms. The Balaban J connectivity index is 1.73. The van der Waals surface area contributed by atoms with Gasteiger partial charge in [0.1, 0.15) is 11.2 Å². The lowest BCUT2D eigenvalue weighted by Crippen LogP contribution is -2.23. The van der Waals surface area contributed by atoms with Crippen LogP contribution >= 0.6 is 0 Å². The van der Waals surface area contributed by atoms with Crippen molar-refractivity contribution in [3.8, 4) is 5.75 Å². The maximum atomic E-state index is 12.1. The first-order chi connectivity index (χ1) is 12.2. The molecule has 1 heterocycles. The van der Waals surface area contributed by atoms with Gasteiger partial charge < -0.3 is 9.30 Å². The fourth-order valence-corrected chi connectivity index (χ4v) is 2.41. The average Bonchev–Trinajstić information content (AvgIpc) is 2.64. The summed E-state index contributed by atoms with van der Waals surface area (Å²) in [7, 11) is 0. The van der Waals surface area contributed by atoms with Gasteiger partial charge in [0.15, 0.2) is 6.61 Å². The molecule has 0 aliphatic carbocycles. The number of carbonyl (C=O) groups is 1. The predicted octanol–water partition coefficient (Wildman–Crippen LogP) is 3.35. The Bertz CT molecular complexity index is 897. The number of para-hydroxylation sites is 1. The van der Waals surface area contributed by atoms with E-state index in [0.717, 1.165) is 5.56 Å². The highest BCUT2D eigenvalue weighted by molar-refractivity contribution is 5.78. The van der Waals surface area contributed by atoms with Gasteiger partial charge in [0.25, 0.3) is 5.91 Å². The van der Waals surface area contributed by atoms with Gasteiger partial charge in [0, 0.05) is 12.7 Å². The molecule has 3 aromatic rings. The summed E-state index contributed by atoms with van der Waals surface area (Å²) in [5.74, 6) is 0.347. The lowest BCUT2D eigenvalue weighted by atomic mass is 10.1. The van der Waals surface area contributed by atoms with Crippen LogP contribution in [0.25, 0.3) is 0 Å². The van der Waals surface area contributed by atoms with Gasteiger partial charge >= 0.3 is 0 Å². The van der Waals surface area contributed by atoms with Gasteiger partial charge in [0.05, 0.1) is 0 Å². The number of ether oxygens (including phenoxy) is 1. The van der Waals surface area contributed by atoms with E-state index in [-0.39, 0.29) is 12.5 Å². The molecule has 1 amide bonds. The van der Waals surface area contributed by atoms with Crippen LogP contribution in [-0.2, 0) is 11.3 Å². The number of benzene rings is 2. The van der Waals surface area contributed by atoms with E-state index in [4.69, 9.17) is 4.74 Å². The molecule has 4 heteroatoms. The molecular formula is C21H20N2O2. The highest BCUT2D eigenvalue weighted by Gasteiger charge is 2.02. The van der Waals surface area contributed by atoms with Gasteiger partial charge in [-0.15, -0.1) is 0 Å². The van der Waals surface area contributed by atoms with Crippen LogP contribution in [0.3, 0.4) is 0 Å². The molecule has 4 nitrogen and oxygen atoms in total. The number of hydrogen-bond acceptors (Lipinski definition) is 2. The summed E-state index contributed by atoms with van der Waals surface area (Å²) in [4.78, 5) is 16.3. The van der Waals surface area contributed by atoms with Crippen LogP contribution in [0.1, 0.15) is 11.1 Å². The lowest BCUT2D eigenvalue weighted by molar-refractivity contribution is -0.120. The quantitative estimate of drug-likeness (QED) is 0.719. The molecule has 126 valence electrons. The molecule has 0 radical (unpaired) electrons. The molecule has 0 fully saturated rings. The molecule has 0 aliphatic heterocycles. The highest BCUT2D eigenvalue weighted by atomic mass is 16.5. The minimum absolute atomic E-state index is 0.0799. The number of hydrogen-bond donors (Lipinski definition) is 0. The van der Waals surface area contributed by atoms with Crippen molar-refractivity contribution < 1.29 is 9.53 Å². The summed E-state index contributed by atoms with van der Waals surface area (Å²) < 4.78 is 7.41. The molecule has 2 aromatic carbocycles. The van der Waals surface area contributed by atoms with Crippen molar-refractivity contribution in [2.24, 2.45) is 4.99 Å². The van der Waals surface area contributed by atoms with Gasteiger partial charge in [-0.3, -0.25) is 4.79 Å². The zero-order chi connectivity index (χ0) is 17.5. The van der Waals surface area contributed by atoms with Crippen LogP contribution in [0.4, 0.5) is 0 Å². The fourth-order valence-electron chi connectivity index (χ4n) is 2.41. The zero-order valence-corrected chi connectivity index (χ0v) is 14.1. The van der Waals surface area contributed by atoms with Crippen molar-refractivity contribution in [2.45, 2.75) is 13.5 Å². The van der Waals surface area contributed by atoms with E-state index in [1.54, 1.807) is 0 Å². The third-order valence-corrected chi connectivity index (χ3v) is 3.73. The number of carbonyl (C=O) groups excluding carboxylic acids is 1. The average molecular weight is 332 g/mol. The second-order valence-corrected chi connectivity index (χ2v) is 5.78. The van der Waals surface area contributed by atoms with Crippen molar-refractivity contribution in [1.29, 1.82) is 0 Å². The Kier molecular flexibility index (Phi) is 5.42. The monoisotopic (exact) mass is 332 g/mol. The standard InChI is InChI=1S/C21H20N2O2/c1-17-10-12-18(13-11-17)15-23-14-6-5-9-20(23)22-21(24)16-25-19-7-3-2-4-8-19/h2-14H,15-16H2,1H3. The number of pyridine rings is 1. The Hall–Kier alpha value is -3.14. The SMILES string of the molecule is Cc1ccc(Cn2ccccc2=NC(=O)COc2ccccc2)cc1. The molecule has 0 N–H and O–H groups in total. The summed E-state index contributed by atoms with van der Waals surface area (Å²) >= 11 is 0. The summed E-state index contributed by atoms with van der Waals surface area (Å²) in [6.07, 6.45) is 1.92. The van der Waals surface area contributed by atoms with Crippen molar-refractivity contribution in [1.82, 2.24) is 4.57 Å². The molecule has 3 rings (SSSR count). The summed E-state index contributed by atoms with van der Waals surface area (Å²) in [5.41, 5.74) is 3.00. The maximum Gasteiger partial charge on any atom is 0.285 e. The van der Waals surface area contributed by atoms with Crippen LogP contribution < -0.4 is 10.2 Å². The summed E-state index contributed by atoms with van der Waals surface area (Å²) in [6, 6.07) is 23.2. The molecular weight excluding hydrogens is 312 g/mol. The van der Waals surface area contributed by atoms with Crippen LogP contribution in [-0.4, -0.2) is 17.1 Å². The molecule has 1 aromatic heterocycles.